The highest BCUT2D eigenvalue weighted by Gasteiger charge is 2.51. The van der Waals surface area contributed by atoms with Gasteiger partial charge in [-0.1, -0.05) is 0 Å². The number of imidazole rings is 1. The molecule has 0 spiro atoms. The summed E-state index contributed by atoms with van der Waals surface area (Å²) in [5, 5.41) is 25.9. The molecule has 1 N–H and O–H groups in total. The van der Waals surface area contributed by atoms with E-state index in [2.05, 4.69) is 46.1 Å². The number of aromatic nitrogens is 2. The van der Waals surface area contributed by atoms with Gasteiger partial charge in [0.25, 0.3) is 0 Å². The average molecular weight is 267 g/mol. The zero-order valence-electron chi connectivity index (χ0n) is 11.3. The number of H-pyrrole nitrogens is 1. The molecule has 3 aliphatic heterocycles. The van der Waals surface area contributed by atoms with Crippen LogP contribution in [0.15, 0.2) is 12.4 Å². The predicted octanol–water partition coefficient (Wildman–Crippen LogP) is 0.610. The van der Waals surface area contributed by atoms with E-state index in [1.165, 1.54) is 0 Å². The zero-order valence-corrected chi connectivity index (χ0v) is 11.3. The molecule has 4 heterocycles. The third-order valence-electron chi connectivity index (χ3n) is 3.22. The van der Waals surface area contributed by atoms with Crippen LogP contribution in [0, 0.1) is 34.0 Å². The molecule has 0 atom stereocenters. The standard InChI is InChI=1S/C7HN5.C6H12N2/c8-1-4-5-7(2-9,3-10)6(11-4)12-5;1-3-8-5-4-7(2)6-8/h(H,11,12);4-5H,3,6H2,1-2H3. The van der Waals surface area contributed by atoms with Crippen LogP contribution in [0.4, 0.5) is 0 Å². The summed E-state index contributed by atoms with van der Waals surface area (Å²) in [6, 6.07) is 5.46. The largest absolute Gasteiger partial charge is 0.362 e. The molecule has 0 amide bonds. The van der Waals surface area contributed by atoms with Crippen LogP contribution in [0.2, 0.25) is 0 Å². The minimum atomic E-state index is -1.29. The van der Waals surface area contributed by atoms with Crippen molar-refractivity contribution in [2.24, 2.45) is 0 Å². The molecule has 7 heteroatoms. The van der Waals surface area contributed by atoms with Gasteiger partial charge >= 0.3 is 0 Å². The summed E-state index contributed by atoms with van der Waals surface area (Å²) in [7, 11) is 2.08. The molecule has 0 saturated carbocycles. The average Bonchev–Trinajstić information content (AvgIpc) is 3.14. The topological polar surface area (TPSA) is 107 Å². The van der Waals surface area contributed by atoms with E-state index < -0.39 is 5.41 Å². The molecule has 1 aromatic rings. The van der Waals surface area contributed by atoms with Crippen LogP contribution < -0.4 is 0 Å². The molecule has 100 valence electrons. The Labute approximate surface area is 117 Å². The van der Waals surface area contributed by atoms with Gasteiger partial charge in [0.2, 0.25) is 5.41 Å². The number of nitrogens with one attached hydrogen (secondary N) is 1. The maximum Gasteiger partial charge on any atom is 0.242 e. The lowest BCUT2D eigenvalue weighted by atomic mass is 9.83. The van der Waals surface area contributed by atoms with Crippen LogP contribution in [0.1, 0.15) is 24.1 Å². The first-order valence-electron chi connectivity index (χ1n) is 6.07. The summed E-state index contributed by atoms with van der Waals surface area (Å²) >= 11 is 0. The lowest BCUT2D eigenvalue weighted by molar-refractivity contribution is 0.308. The summed E-state index contributed by atoms with van der Waals surface area (Å²) < 4.78 is 0. The fourth-order valence-corrected chi connectivity index (χ4v) is 2.00. The van der Waals surface area contributed by atoms with Crippen molar-refractivity contribution in [1.29, 1.82) is 15.8 Å². The van der Waals surface area contributed by atoms with Gasteiger partial charge in [-0.2, -0.15) is 15.8 Å². The first-order chi connectivity index (χ1) is 9.61. The van der Waals surface area contributed by atoms with Crippen molar-refractivity contribution in [3.63, 3.8) is 0 Å². The molecule has 7 nitrogen and oxygen atoms in total. The van der Waals surface area contributed by atoms with Crippen molar-refractivity contribution in [3.05, 3.63) is 29.6 Å². The fourth-order valence-electron chi connectivity index (χ4n) is 2.00. The van der Waals surface area contributed by atoms with E-state index in [0.717, 1.165) is 13.2 Å². The van der Waals surface area contributed by atoms with Crippen LogP contribution >= 0.6 is 0 Å². The van der Waals surface area contributed by atoms with E-state index in [0.29, 0.717) is 5.69 Å². The van der Waals surface area contributed by atoms with Crippen LogP contribution in [-0.4, -0.2) is 40.0 Å². The third-order valence-corrected chi connectivity index (χ3v) is 3.22. The van der Waals surface area contributed by atoms with Crippen molar-refractivity contribution in [2.45, 2.75) is 12.3 Å². The molecule has 0 fully saturated rings. The van der Waals surface area contributed by atoms with Crippen LogP contribution in [-0.2, 0) is 5.41 Å². The second kappa shape index (κ2) is 4.95. The van der Waals surface area contributed by atoms with Gasteiger partial charge in [0, 0.05) is 26.0 Å². The van der Waals surface area contributed by atoms with E-state index in [4.69, 9.17) is 15.8 Å². The van der Waals surface area contributed by atoms with Gasteiger partial charge in [-0.3, -0.25) is 0 Å². The van der Waals surface area contributed by atoms with E-state index in [1.54, 1.807) is 6.07 Å². The Morgan fingerprint density at radius 1 is 1.35 bits per heavy atom. The van der Waals surface area contributed by atoms with E-state index >= 15 is 0 Å². The number of fused-ring (bicyclic) bond motifs is 1. The Bertz CT molecular complexity index is 650. The van der Waals surface area contributed by atoms with Gasteiger partial charge in [0.1, 0.15) is 11.9 Å². The van der Waals surface area contributed by atoms with Crippen LogP contribution in [0.5, 0.6) is 0 Å². The minimum absolute atomic E-state index is 0.146. The molecule has 1 aromatic heterocycles. The monoisotopic (exact) mass is 267 g/mol. The normalized spacial score (nSPS) is 16.4. The van der Waals surface area contributed by atoms with Crippen LogP contribution in [0.25, 0.3) is 0 Å². The Morgan fingerprint density at radius 2 is 2.05 bits per heavy atom. The molecule has 2 bridgehead atoms. The zero-order chi connectivity index (χ0) is 14.8. The molecular weight excluding hydrogens is 254 g/mol. The number of aromatic amines is 1. The van der Waals surface area contributed by atoms with Gasteiger partial charge in [-0.25, -0.2) is 4.98 Å². The third kappa shape index (κ3) is 1.84. The molecule has 0 saturated heterocycles. The highest BCUT2D eigenvalue weighted by Crippen LogP contribution is 2.39. The molecular formula is C13H13N7. The van der Waals surface area contributed by atoms with Crippen molar-refractivity contribution < 1.29 is 0 Å². The SMILES string of the molecule is CCN1C=CN(C)C1.N#Cc1nc2[nH]c1C2(C#N)C#N. The van der Waals surface area contributed by atoms with Crippen LogP contribution in [0.3, 0.4) is 0 Å². The van der Waals surface area contributed by atoms with Gasteiger partial charge in [0.15, 0.2) is 5.69 Å². The smallest absolute Gasteiger partial charge is 0.242 e. The maximum atomic E-state index is 8.69. The lowest BCUT2D eigenvalue weighted by Crippen LogP contribution is -2.31. The molecule has 0 unspecified atom stereocenters. The second-order valence-electron chi connectivity index (χ2n) is 4.50. The Hall–Kier alpha value is -2.98. The van der Waals surface area contributed by atoms with E-state index in [-0.39, 0.29) is 11.5 Å². The Kier molecular flexibility index (Phi) is 3.33. The highest BCUT2D eigenvalue weighted by molar-refractivity contribution is 5.58. The maximum absolute atomic E-state index is 8.69. The van der Waals surface area contributed by atoms with Gasteiger partial charge in [0.05, 0.1) is 24.5 Å². The summed E-state index contributed by atoms with van der Waals surface area (Å²) in [6.07, 6.45) is 4.20. The minimum Gasteiger partial charge on any atom is -0.362 e. The summed E-state index contributed by atoms with van der Waals surface area (Å²) in [4.78, 5) is 10.8. The Balaban J connectivity index is 0.000000160. The first-order valence-corrected chi connectivity index (χ1v) is 6.07. The number of nitrogens with zero attached hydrogens (tertiary/aromatic N) is 6. The number of hydrogen-bond acceptors (Lipinski definition) is 6. The molecule has 0 aliphatic carbocycles. The summed E-state index contributed by atoms with van der Waals surface area (Å²) in [5.41, 5.74) is -0.816. The van der Waals surface area contributed by atoms with Crippen molar-refractivity contribution in [2.75, 3.05) is 20.3 Å². The predicted molar refractivity (Wildman–Crippen MR) is 69.5 cm³/mol. The second-order valence-corrected chi connectivity index (χ2v) is 4.50. The number of nitriles is 3. The van der Waals surface area contributed by atoms with Crippen molar-refractivity contribution >= 4 is 0 Å². The number of hydrogen-bond donors (Lipinski definition) is 1. The Morgan fingerprint density at radius 3 is 2.35 bits per heavy atom. The van der Waals surface area contributed by atoms with Gasteiger partial charge < -0.3 is 14.8 Å². The molecule has 0 aromatic carbocycles. The van der Waals surface area contributed by atoms with Gasteiger partial charge in [-0.05, 0) is 6.92 Å². The van der Waals surface area contributed by atoms with Crippen molar-refractivity contribution in [1.82, 2.24) is 19.8 Å². The van der Waals surface area contributed by atoms with Crippen molar-refractivity contribution in [3.8, 4) is 18.2 Å². The van der Waals surface area contributed by atoms with E-state index in [1.807, 2.05) is 12.1 Å². The number of rotatable bonds is 1. The molecule has 4 rings (SSSR count). The molecule has 0 radical (unpaired) electrons. The van der Waals surface area contributed by atoms with Gasteiger partial charge in [-0.15, -0.1) is 0 Å². The first kappa shape index (κ1) is 13.5. The molecule has 3 aliphatic rings. The highest BCUT2D eigenvalue weighted by atomic mass is 15.3. The lowest BCUT2D eigenvalue weighted by Gasteiger charge is -2.19. The summed E-state index contributed by atoms with van der Waals surface area (Å²) in [6.45, 7) is 4.32. The van der Waals surface area contributed by atoms with E-state index in [9.17, 15) is 0 Å². The molecule has 20 heavy (non-hydrogen) atoms. The summed E-state index contributed by atoms with van der Waals surface area (Å²) in [5.74, 6) is 0.277. The fraction of sp³-hybridized carbons (Fsp3) is 0.385. The quantitative estimate of drug-likeness (QED) is 0.799.